The number of para-hydroxylation sites is 1. The van der Waals surface area contributed by atoms with E-state index in [9.17, 15) is 8.42 Å². The van der Waals surface area contributed by atoms with Gasteiger partial charge in [-0.2, -0.15) is 10.1 Å². The fourth-order valence-electron chi connectivity index (χ4n) is 2.56. The topological polar surface area (TPSA) is 139 Å². The third-order valence-electron chi connectivity index (χ3n) is 3.97. The highest BCUT2D eigenvalue weighted by Gasteiger charge is 2.25. The van der Waals surface area contributed by atoms with Crippen LogP contribution >= 0.6 is 0 Å². The average molecular weight is 377 g/mol. The maximum absolute atomic E-state index is 11.7. The van der Waals surface area contributed by atoms with Gasteiger partial charge in [0.2, 0.25) is 16.0 Å². The molecular formula is C16H23N7O2S. The number of rotatable bonds is 6. The number of primary sulfonamides is 1. The van der Waals surface area contributed by atoms with Crippen LogP contribution in [-0.4, -0.2) is 28.6 Å². The van der Waals surface area contributed by atoms with E-state index in [4.69, 9.17) is 5.14 Å². The Morgan fingerprint density at radius 1 is 1.15 bits per heavy atom. The minimum atomic E-state index is -3.86. The van der Waals surface area contributed by atoms with Crippen molar-refractivity contribution < 1.29 is 12.7 Å². The minimum Gasteiger partial charge on any atom is -0.323 e. The summed E-state index contributed by atoms with van der Waals surface area (Å²) in [5.74, 6) is 2.02. The number of benzene rings is 1. The van der Waals surface area contributed by atoms with Gasteiger partial charge >= 0.3 is 0 Å². The van der Waals surface area contributed by atoms with Gasteiger partial charge in [0.15, 0.2) is 5.82 Å². The molecule has 0 bridgehead atoms. The lowest BCUT2D eigenvalue weighted by atomic mass is 10.3. The van der Waals surface area contributed by atoms with Gasteiger partial charge in [0.1, 0.15) is 10.7 Å². The van der Waals surface area contributed by atoms with Crippen molar-refractivity contribution in [3.05, 3.63) is 48.3 Å². The van der Waals surface area contributed by atoms with Gasteiger partial charge in [-0.25, -0.2) is 18.5 Å². The van der Waals surface area contributed by atoms with Crippen LogP contribution < -0.4 is 15.8 Å². The summed E-state index contributed by atoms with van der Waals surface area (Å²) in [5, 5.41) is 18.5. The molecule has 1 aromatic carbocycles. The summed E-state index contributed by atoms with van der Waals surface area (Å²) in [5.41, 5.74) is 1.42. The lowest BCUT2D eigenvalue weighted by Crippen LogP contribution is -2.14. The molecule has 5 N–H and O–H groups in total. The summed E-state index contributed by atoms with van der Waals surface area (Å²) >= 11 is 0. The lowest BCUT2D eigenvalue weighted by molar-refractivity contribution is 0.598. The van der Waals surface area contributed by atoms with Crippen LogP contribution in [0.3, 0.4) is 0 Å². The van der Waals surface area contributed by atoms with Crippen LogP contribution in [0.5, 0.6) is 0 Å². The predicted octanol–water partition coefficient (Wildman–Crippen LogP) is 2.95. The second-order valence-electron chi connectivity index (χ2n) is 6.04. The van der Waals surface area contributed by atoms with E-state index >= 15 is 0 Å². The first kappa shape index (κ1) is 16.5. The van der Waals surface area contributed by atoms with Gasteiger partial charge < -0.3 is 10.6 Å². The Kier molecular flexibility index (Phi) is 4.05. The molecule has 0 amide bonds. The zero-order valence-corrected chi connectivity index (χ0v) is 14.5. The van der Waals surface area contributed by atoms with Gasteiger partial charge in [0, 0.05) is 28.2 Å². The molecule has 0 spiro atoms. The Labute approximate surface area is 154 Å². The number of H-pyrrole nitrogens is 1. The molecule has 4 rings (SSSR count). The lowest BCUT2D eigenvalue weighted by Gasteiger charge is -2.10. The van der Waals surface area contributed by atoms with E-state index in [1.807, 2.05) is 6.07 Å². The average Bonchev–Trinajstić information content (AvgIpc) is 3.35. The Bertz CT molecular complexity index is 1060. The number of anilines is 4. The monoisotopic (exact) mass is 377 g/mol. The summed E-state index contributed by atoms with van der Waals surface area (Å²) in [6.45, 7) is 0. The minimum absolute atomic E-state index is 0. The van der Waals surface area contributed by atoms with Crippen molar-refractivity contribution >= 4 is 33.3 Å². The Balaban J connectivity index is 0.00000140. The molecular weight excluding hydrogens is 354 g/mol. The van der Waals surface area contributed by atoms with E-state index in [2.05, 4.69) is 30.8 Å². The maximum Gasteiger partial charge on any atom is 0.240 e. The number of aromatic amines is 1. The summed E-state index contributed by atoms with van der Waals surface area (Å²) in [7, 11) is -3.86. The molecule has 1 aliphatic carbocycles. The first-order chi connectivity index (χ1) is 12.5. The van der Waals surface area contributed by atoms with Crippen molar-refractivity contribution in [2.45, 2.75) is 23.7 Å². The van der Waals surface area contributed by atoms with E-state index in [0.29, 0.717) is 23.2 Å². The highest BCUT2D eigenvalue weighted by atomic mass is 32.2. The van der Waals surface area contributed by atoms with Crippen LogP contribution in [0.1, 0.15) is 28.7 Å². The van der Waals surface area contributed by atoms with Gasteiger partial charge in [-0.3, -0.25) is 5.10 Å². The summed E-state index contributed by atoms with van der Waals surface area (Å²) < 4.78 is 23.4. The quantitative estimate of drug-likeness (QED) is 0.518. The van der Waals surface area contributed by atoms with E-state index < -0.39 is 10.0 Å². The number of nitrogens with one attached hydrogen (secondary N) is 3. The molecule has 0 atom stereocenters. The zero-order valence-electron chi connectivity index (χ0n) is 13.7. The Morgan fingerprint density at radius 3 is 2.73 bits per heavy atom. The van der Waals surface area contributed by atoms with Crippen molar-refractivity contribution in [2.75, 3.05) is 10.6 Å². The molecule has 0 saturated heterocycles. The van der Waals surface area contributed by atoms with Crippen LogP contribution in [0.2, 0.25) is 0 Å². The molecule has 0 unspecified atom stereocenters. The van der Waals surface area contributed by atoms with Crippen LogP contribution in [0, 0.1) is 0 Å². The zero-order chi connectivity index (χ0) is 18.1. The van der Waals surface area contributed by atoms with Crippen LogP contribution in [-0.2, 0) is 10.0 Å². The predicted molar refractivity (Wildman–Crippen MR) is 103 cm³/mol. The van der Waals surface area contributed by atoms with Crippen molar-refractivity contribution in [3.63, 3.8) is 0 Å². The van der Waals surface area contributed by atoms with Gasteiger partial charge in [-0.15, -0.1) is 0 Å². The molecule has 1 fully saturated rings. The second kappa shape index (κ2) is 6.39. The smallest absolute Gasteiger partial charge is 0.240 e. The molecule has 140 valence electrons. The van der Waals surface area contributed by atoms with Crippen molar-refractivity contribution in [3.8, 4) is 0 Å². The second-order valence-corrected chi connectivity index (χ2v) is 7.57. The number of aromatic nitrogens is 4. The van der Waals surface area contributed by atoms with E-state index in [0.717, 1.165) is 5.69 Å². The molecule has 1 aliphatic rings. The summed E-state index contributed by atoms with van der Waals surface area (Å²) in [6.07, 6.45) is 3.94. The maximum atomic E-state index is 11.7. The van der Waals surface area contributed by atoms with Crippen LogP contribution in [0.15, 0.2) is 47.5 Å². The molecule has 1 saturated carbocycles. The molecule has 3 aromatic rings. The third kappa shape index (κ3) is 3.65. The Hall–Kier alpha value is -2.98. The highest BCUT2D eigenvalue weighted by Crippen LogP contribution is 2.39. The third-order valence-corrected chi connectivity index (χ3v) is 4.94. The molecule has 0 radical (unpaired) electrons. The molecule has 0 aliphatic heterocycles. The number of nitrogens with two attached hydrogens (primary N) is 1. The molecule has 9 nitrogen and oxygen atoms in total. The van der Waals surface area contributed by atoms with E-state index in [1.165, 1.54) is 18.9 Å². The number of nitrogens with zero attached hydrogens (tertiary/aromatic N) is 3. The normalized spacial score (nSPS) is 14.2. The van der Waals surface area contributed by atoms with Crippen molar-refractivity contribution in [1.82, 2.24) is 20.2 Å². The van der Waals surface area contributed by atoms with E-state index in [1.54, 1.807) is 30.5 Å². The number of sulfonamides is 1. The molecule has 26 heavy (non-hydrogen) atoms. The van der Waals surface area contributed by atoms with E-state index in [-0.39, 0.29) is 15.1 Å². The standard InChI is InChI=1S/C16H17N7O2S.3H2/c17-26(24,25)13-4-2-1-3-11(13)19-16-18-8-7-14(21-16)20-15-9-12(22-23-15)10-5-6-10;;;/h1-4,7-10H,5-6H2,(H2,17,24,25)(H3,18,19,20,21,22,23);3*1H. The van der Waals surface area contributed by atoms with Gasteiger partial charge in [0.25, 0.3) is 0 Å². The van der Waals surface area contributed by atoms with Gasteiger partial charge in [-0.1, -0.05) is 12.1 Å². The first-order valence-corrected chi connectivity index (χ1v) is 9.58. The molecule has 2 aromatic heterocycles. The van der Waals surface area contributed by atoms with Crippen molar-refractivity contribution in [2.24, 2.45) is 5.14 Å². The fraction of sp³-hybridized carbons (Fsp3) is 0.188. The summed E-state index contributed by atoms with van der Waals surface area (Å²) in [4.78, 5) is 8.43. The van der Waals surface area contributed by atoms with Gasteiger partial charge in [0.05, 0.1) is 5.69 Å². The SMILES string of the molecule is NS(=O)(=O)c1ccccc1Nc1nccc(Nc2cc(C3CC3)[nH]n2)n1.[HH].[HH].[HH]. The van der Waals surface area contributed by atoms with Gasteiger partial charge in [-0.05, 0) is 31.0 Å². The highest BCUT2D eigenvalue weighted by molar-refractivity contribution is 7.89. The molecule has 2 heterocycles. The van der Waals surface area contributed by atoms with Crippen molar-refractivity contribution in [1.29, 1.82) is 0 Å². The van der Waals surface area contributed by atoms with Crippen LogP contribution in [0.4, 0.5) is 23.3 Å². The summed E-state index contributed by atoms with van der Waals surface area (Å²) in [6, 6.07) is 9.97. The number of hydrogen-bond donors (Lipinski definition) is 4. The Morgan fingerprint density at radius 2 is 1.96 bits per heavy atom. The molecule has 10 heteroatoms. The fourth-order valence-corrected chi connectivity index (χ4v) is 3.26. The first-order valence-electron chi connectivity index (χ1n) is 8.03. The largest absolute Gasteiger partial charge is 0.323 e. The number of hydrogen-bond acceptors (Lipinski definition) is 7. The van der Waals surface area contributed by atoms with Crippen LogP contribution in [0.25, 0.3) is 0 Å².